The quantitative estimate of drug-likeness (QED) is 0.0351. The fraction of sp³-hybridized carbons (Fsp3) is 0.226. The average molecular weight is 736 g/mol. The molecule has 5 atom stereocenters. The van der Waals surface area contributed by atoms with Crippen LogP contribution in [0.3, 0.4) is 0 Å². The van der Waals surface area contributed by atoms with Crippen molar-refractivity contribution in [1.82, 2.24) is 15.2 Å². The number of aromatic hydroxyl groups is 2. The van der Waals surface area contributed by atoms with Crippen molar-refractivity contribution in [3.63, 3.8) is 0 Å². The summed E-state index contributed by atoms with van der Waals surface area (Å²) in [6.07, 6.45) is 3.45. The number of phenolic OH excluding ortho intramolecular Hbond substituents is 2. The number of carbonyl (C=O) groups is 4. The molecule has 0 spiro atoms. The minimum atomic E-state index is -2.06. The first-order valence-corrected chi connectivity index (χ1v) is 17.4. The molecule has 6 rings (SSSR count). The standard InChI is InChI=1S/C31H25N7O9S3/c32-11-15-5-6-17(23(40)22(15)39)24(30(45)46)47-36-19(18-13-50-31(33)34-18)25(41)35-20-26(42)38-21(29(43)44)16(12-49-28(20)38)4-2-9-37-8-1-3-14-7-10-48-27(14)37/h1-8,10,13,16,20-21,24,28H,9,12H2,(H6-,33,34,35,36,39,40,41,43,44,45,46)/b4-2+/t16?,20-,21?,24?,28-/m1/s1. The van der Waals surface area contributed by atoms with Gasteiger partial charge in [0.05, 0.1) is 28.5 Å². The normalized spacial score (nSPS) is 20.9. The van der Waals surface area contributed by atoms with Crippen molar-refractivity contribution in [2.45, 2.75) is 30.1 Å². The molecule has 2 amide bonds. The number of carboxylic acid groups (broad SMARTS) is 2. The number of oxime groups is 1. The number of amides is 2. The minimum Gasteiger partial charge on any atom is -0.548 e. The number of benzene rings is 1. The van der Waals surface area contributed by atoms with Gasteiger partial charge in [0.25, 0.3) is 16.8 Å². The molecular weight excluding hydrogens is 711 g/mol. The van der Waals surface area contributed by atoms with E-state index < -0.39 is 76.0 Å². The molecule has 2 aliphatic rings. The van der Waals surface area contributed by atoms with Crippen LogP contribution in [0.1, 0.15) is 22.9 Å². The van der Waals surface area contributed by atoms with Gasteiger partial charge in [-0.25, -0.2) is 9.78 Å². The van der Waals surface area contributed by atoms with E-state index in [-0.39, 0.29) is 16.4 Å². The Balaban J connectivity index is 1.19. The summed E-state index contributed by atoms with van der Waals surface area (Å²) in [5.74, 6) is -6.90. The van der Waals surface area contributed by atoms with E-state index in [0.717, 1.165) is 38.6 Å². The van der Waals surface area contributed by atoms with Gasteiger partial charge < -0.3 is 46.0 Å². The number of β-lactam (4-membered cyclic amide) rings is 1. The van der Waals surface area contributed by atoms with Crippen molar-refractivity contribution in [3.8, 4) is 17.6 Å². The highest BCUT2D eigenvalue weighted by molar-refractivity contribution is 8.00. The lowest BCUT2D eigenvalue weighted by Gasteiger charge is -2.55. The summed E-state index contributed by atoms with van der Waals surface area (Å²) < 4.78 is 2.03. The number of thioether (sulfide) groups is 1. The summed E-state index contributed by atoms with van der Waals surface area (Å²) >= 11 is 3.79. The second-order valence-corrected chi connectivity index (χ2v) is 13.9. The van der Waals surface area contributed by atoms with Crippen LogP contribution >= 0.6 is 34.4 Å². The monoisotopic (exact) mass is 735 g/mol. The number of aromatic nitrogens is 2. The fourth-order valence-electron chi connectivity index (χ4n) is 5.58. The van der Waals surface area contributed by atoms with Crippen LogP contribution in [-0.4, -0.2) is 77.9 Å². The number of thiazole rings is 1. The number of aliphatic carboxylic acids is 2. The SMILES string of the molecule is N#Cc1ccc(C(O/N=C(\C(=O)N[C@@H]2C(=O)N3C(C(=O)[O-])C(/C=C/C[n+]4cccc5ccsc54)CS[C@H]23)c2csc(N)n2)C(=O)O)c(O)c1O. The Morgan fingerprint density at radius 3 is 2.76 bits per heavy atom. The number of nitriles is 1. The minimum absolute atomic E-state index is 0.0278. The molecule has 4 aromatic rings. The second kappa shape index (κ2) is 14.0. The number of phenols is 2. The van der Waals surface area contributed by atoms with Crippen LogP contribution in [0.5, 0.6) is 11.5 Å². The zero-order chi connectivity index (χ0) is 35.7. The summed E-state index contributed by atoms with van der Waals surface area (Å²) in [6, 6.07) is 7.18. The number of rotatable bonds is 11. The van der Waals surface area contributed by atoms with E-state index in [1.165, 1.54) is 17.1 Å². The number of nitrogens with one attached hydrogen (secondary N) is 1. The number of hydrogen-bond acceptors (Lipinski definition) is 15. The van der Waals surface area contributed by atoms with Gasteiger partial charge in [-0.2, -0.15) is 9.83 Å². The number of nitrogen functional groups attached to an aromatic ring is 1. The van der Waals surface area contributed by atoms with Gasteiger partial charge in [0.2, 0.25) is 5.91 Å². The fourth-order valence-corrected chi connectivity index (χ4v) is 8.50. The zero-order valence-corrected chi connectivity index (χ0v) is 27.9. The van der Waals surface area contributed by atoms with E-state index >= 15 is 0 Å². The van der Waals surface area contributed by atoms with Gasteiger partial charge in [0.15, 0.2) is 35.1 Å². The van der Waals surface area contributed by atoms with Gasteiger partial charge in [0, 0.05) is 23.1 Å². The maximum absolute atomic E-state index is 13.5. The molecule has 3 aromatic heterocycles. The largest absolute Gasteiger partial charge is 0.548 e. The highest BCUT2D eigenvalue weighted by Gasteiger charge is 2.56. The van der Waals surface area contributed by atoms with Gasteiger partial charge in [-0.15, -0.1) is 23.1 Å². The molecule has 0 radical (unpaired) electrons. The van der Waals surface area contributed by atoms with Crippen molar-refractivity contribution >= 4 is 79.2 Å². The smallest absolute Gasteiger partial charge is 0.352 e. The third-order valence-corrected chi connectivity index (χ3v) is 11.0. The maximum Gasteiger partial charge on any atom is 0.352 e. The molecule has 2 fully saturated rings. The number of anilines is 1. The number of hydrogen-bond donors (Lipinski definition) is 5. The lowest BCUT2D eigenvalue weighted by molar-refractivity contribution is -0.659. The maximum atomic E-state index is 13.5. The molecule has 2 aliphatic heterocycles. The van der Waals surface area contributed by atoms with Gasteiger partial charge in [0.1, 0.15) is 23.2 Å². The van der Waals surface area contributed by atoms with Gasteiger partial charge in [-0.05, 0) is 35.7 Å². The summed E-state index contributed by atoms with van der Waals surface area (Å²) in [6.45, 7) is 0.481. The third kappa shape index (κ3) is 6.38. The number of carboxylic acids is 2. The van der Waals surface area contributed by atoms with Crippen LogP contribution in [-0.2, 0) is 30.6 Å². The predicted octanol–water partition coefficient (Wildman–Crippen LogP) is 0.448. The number of pyridine rings is 1. The highest BCUT2D eigenvalue weighted by Crippen LogP contribution is 2.41. The summed E-state index contributed by atoms with van der Waals surface area (Å²) in [4.78, 5) is 62.6. The third-order valence-electron chi connectivity index (χ3n) is 7.97. The lowest BCUT2D eigenvalue weighted by atomic mass is 9.93. The molecule has 0 bridgehead atoms. The molecule has 6 N–H and O–H groups in total. The molecule has 50 heavy (non-hydrogen) atoms. The topological polar surface area (TPSA) is 255 Å². The molecule has 5 heterocycles. The zero-order valence-electron chi connectivity index (χ0n) is 25.4. The van der Waals surface area contributed by atoms with E-state index in [2.05, 4.69) is 15.5 Å². The van der Waals surface area contributed by atoms with Crippen molar-refractivity contribution in [2.75, 3.05) is 11.5 Å². The van der Waals surface area contributed by atoms with E-state index in [4.69, 9.17) is 15.8 Å². The Bertz CT molecular complexity index is 2120. The second-order valence-electron chi connectivity index (χ2n) is 11.0. The van der Waals surface area contributed by atoms with Gasteiger partial charge >= 0.3 is 5.97 Å². The average Bonchev–Trinajstić information content (AvgIpc) is 3.76. The lowest BCUT2D eigenvalue weighted by Crippen LogP contribution is -2.77. The van der Waals surface area contributed by atoms with Crippen LogP contribution in [0.15, 0.2) is 64.6 Å². The molecular formula is C31H25N7O9S3. The van der Waals surface area contributed by atoms with E-state index in [1.807, 2.05) is 40.4 Å². The molecule has 19 heteroatoms. The van der Waals surface area contributed by atoms with E-state index in [0.29, 0.717) is 12.3 Å². The van der Waals surface area contributed by atoms with Crippen LogP contribution in [0.25, 0.3) is 10.2 Å². The number of thiophene rings is 1. The summed E-state index contributed by atoms with van der Waals surface area (Å²) in [5, 5.41) is 61.4. The molecule has 3 unspecified atom stereocenters. The van der Waals surface area contributed by atoms with Crippen molar-refractivity contribution in [1.29, 1.82) is 5.26 Å². The first-order valence-electron chi connectivity index (χ1n) is 14.6. The number of carbonyl (C=O) groups excluding carboxylic acids is 3. The van der Waals surface area contributed by atoms with E-state index in [9.17, 15) is 39.6 Å². The first-order chi connectivity index (χ1) is 24.0. The van der Waals surface area contributed by atoms with Crippen LogP contribution in [0.4, 0.5) is 5.13 Å². The van der Waals surface area contributed by atoms with Crippen molar-refractivity contribution in [3.05, 3.63) is 76.3 Å². The number of nitrogens with two attached hydrogens (primary N) is 1. The molecule has 16 nitrogen and oxygen atoms in total. The molecule has 256 valence electrons. The van der Waals surface area contributed by atoms with Gasteiger partial charge in [-0.1, -0.05) is 22.6 Å². The summed E-state index contributed by atoms with van der Waals surface area (Å²) in [7, 11) is 0. The Hall–Kier alpha value is -5.71. The van der Waals surface area contributed by atoms with Crippen LogP contribution in [0, 0.1) is 17.2 Å². The van der Waals surface area contributed by atoms with Crippen LogP contribution in [0.2, 0.25) is 0 Å². The Kier molecular flexibility index (Phi) is 9.59. The molecule has 1 aromatic carbocycles. The van der Waals surface area contributed by atoms with Gasteiger partial charge in [-0.3, -0.25) is 9.59 Å². The molecule has 0 aliphatic carbocycles. The van der Waals surface area contributed by atoms with Crippen molar-refractivity contribution < 1.29 is 49.0 Å². The number of fused-ring (bicyclic) bond motifs is 2. The van der Waals surface area contributed by atoms with Crippen molar-refractivity contribution in [2.24, 2.45) is 11.1 Å². The predicted molar refractivity (Wildman–Crippen MR) is 177 cm³/mol. The molecule has 0 saturated carbocycles. The van der Waals surface area contributed by atoms with E-state index in [1.54, 1.807) is 23.5 Å². The number of nitrogens with zero attached hydrogens (tertiary/aromatic N) is 5. The first kappa shape index (κ1) is 34.2. The Labute approximate surface area is 294 Å². The molecule has 2 saturated heterocycles. The number of allylic oxidation sites excluding steroid dienone is 1. The van der Waals surface area contributed by atoms with Crippen LogP contribution < -0.4 is 20.7 Å². The highest BCUT2D eigenvalue weighted by atomic mass is 32.2. The summed E-state index contributed by atoms with van der Waals surface area (Å²) in [5.41, 5.74) is 4.22. The Morgan fingerprint density at radius 2 is 2.06 bits per heavy atom. The Morgan fingerprint density at radius 1 is 1.26 bits per heavy atom.